The third-order valence-corrected chi connectivity index (χ3v) is 2.04. The van der Waals surface area contributed by atoms with Crippen LogP contribution in [0.4, 0.5) is 0 Å². The summed E-state index contributed by atoms with van der Waals surface area (Å²) >= 11 is 0. The standard InChI is InChI=1S/C12H13NO3/c1-4-7-16-11-6-5-10(9(2)13-14)8-12(11)15-3/h1,5-6,8,14H,7H2,2-3H3/b13-9+. The Labute approximate surface area is 94.5 Å². The number of terminal acetylenes is 1. The van der Waals surface area contributed by atoms with Crippen LogP contribution in [0.1, 0.15) is 12.5 Å². The lowest BCUT2D eigenvalue weighted by molar-refractivity contribution is 0.318. The van der Waals surface area contributed by atoms with Gasteiger partial charge in [0.2, 0.25) is 0 Å². The molecule has 0 bridgehead atoms. The molecule has 4 nitrogen and oxygen atoms in total. The highest BCUT2D eigenvalue weighted by atomic mass is 16.5. The van der Waals surface area contributed by atoms with Gasteiger partial charge in [-0.3, -0.25) is 0 Å². The van der Waals surface area contributed by atoms with Crippen molar-refractivity contribution >= 4 is 5.71 Å². The zero-order chi connectivity index (χ0) is 12.0. The number of methoxy groups -OCH3 is 1. The fourth-order valence-corrected chi connectivity index (χ4v) is 1.19. The third kappa shape index (κ3) is 2.67. The van der Waals surface area contributed by atoms with E-state index >= 15 is 0 Å². The first-order valence-electron chi connectivity index (χ1n) is 4.66. The Morgan fingerprint density at radius 2 is 2.25 bits per heavy atom. The van der Waals surface area contributed by atoms with Gasteiger partial charge in [-0.1, -0.05) is 11.1 Å². The van der Waals surface area contributed by atoms with Crippen molar-refractivity contribution in [1.29, 1.82) is 0 Å². The zero-order valence-electron chi connectivity index (χ0n) is 9.23. The van der Waals surface area contributed by atoms with E-state index < -0.39 is 0 Å². The molecule has 0 aliphatic heterocycles. The van der Waals surface area contributed by atoms with Gasteiger partial charge >= 0.3 is 0 Å². The molecule has 1 N–H and O–H groups in total. The molecule has 0 radical (unpaired) electrons. The van der Waals surface area contributed by atoms with Gasteiger partial charge in [0, 0.05) is 5.56 Å². The quantitative estimate of drug-likeness (QED) is 0.364. The minimum absolute atomic E-state index is 0.183. The van der Waals surface area contributed by atoms with Crippen LogP contribution in [0, 0.1) is 12.3 Å². The molecule has 0 heterocycles. The first kappa shape index (κ1) is 11.9. The van der Waals surface area contributed by atoms with Crippen LogP contribution in [0.2, 0.25) is 0 Å². The Balaban J connectivity index is 3.02. The number of benzene rings is 1. The molecular weight excluding hydrogens is 206 g/mol. The summed E-state index contributed by atoms with van der Waals surface area (Å²) in [5.41, 5.74) is 1.26. The molecule has 0 aromatic heterocycles. The van der Waals surface area contributed by atoms with Crippen LogP contribution in [0.25, 0.3) is 0 Å². The Kier molecular flexibility index (Phi) is 4.22. The van der Waals surface area contributed by atoms with Crippen molar-refractivity contribution in [1.82, 2.24) is 0 Å². The van der Waals surface area contributed by atoms with Crippen LogP contribution in [0.5, 0.6) is 11.5 Å². The van der Waals surface area contributed by atoms with Crippen molar-refractivity contribution in [2.75, 3.05) is 13.7 Å². The van der Waals surface area contributed by atoms with E-state index in [0.29, 0.717) is 17.2 Å². The molecule has 1 rings (SSSR count). The lowest BCUT2D eigenvalue weighted by Gasteiger charge is -2.09. The van der Waals surface area contributed by atoms with E-state index in [-0.39, 0.29) is 6.61 Å². The summed E-state index contributed by atoms with van der Waals surface area (Å²) < 4.78 is 10.4. The molecule has 1 aromatic rings. The van der Waals surface area contributed by atoms with Crippen LogP contribution in [0.3, 0.4) is 0 Å². The summed E-state index contributed by atoms with van der Waals surface area (Å²) in [6, 6.07) is 5.21. The smallest absolute Gasteiger partial charge is 0.162 e. The molecule has 0 saturated carbocycles. The molecule has 84 valence electrons. The van der Waals surface area contributed by atoms with E-state index in [1.807, 2.05) is 0 Å². The van der Waals surface area contributed by atoms with Gasteiger partial charge < -0.3 is 14.7 Å². The van der Waals surface area contributed by atoms with Gasteiger partial charge in [-0.05, 0) is 25.1 Å². The third-order valence-electron chi connectivity index (χ3n) is 2.04. The average molecular weight is 219 g/mol. The van der Waals surface area contributed by atoms with E-state index in [1.165, 1.54) is 7.11 Å². The molecule has 4 heteroatoms. The number of hydrogen-bond donors (Lipinski definition) is 1. The Morgan fingerprint density at radius 1 is 1.50 bits per heavy atom. The Bertz CT molecular complexity index is 432. The molecule has 1 aromatic carbocycles. The van der Waals surface area contributed by atoms with E-state index in [0.717, 1.165) is 5.56 Å². The van der Waals surface area contributed by atoms with Crippen LogP contribution in [-0.2, 0) is 0 Å². The molecular formula is C12H13NO3. The SMILES string of the molecule is C#CCOc1ccc(/C(C)=N/O)cc1OC. The van der Waals surface area contributed by atoms with Crippen LogP contribution in [-0.4, -0.2) is 24.6 Å². The highest BCUT2D eigenvalue weighted by Crippen LogP contribution is 2.28. The first-order valence-corrected chi connectivity index (χ1v) is 4.66. The van der Waals surface area contributed by atoms with Crippen molar-refractivity contribution in [3.8, 4) is 23.8 Å². The van der Waals surface area contributed by atoms with E-state index in [2.05, 4.69) is 11.1 Å². The molecule has 0 saturated heterocycles. The summed E-state index contributed by atoms with van der Waals surface area (Å²) in [5.74, 6) is 3.49. The van der Waals surface area contributed by atoms with Gasteiger partial charge in [0.15, 0.2) is 11.5 Å². The first-order chi connectivity index (χ1) is 7.72. The van der Waals surface area contributed by atoms with Gasteiger partial charge in [-0.15, -0.1) is 6.42 Å². The second kappa shape index (κ2) is 5.66. The fraction of sp³-hybridized carbons (Fsp3) is 0.250. The van der Waals surface area contributed by atoms with Crippen molar-refractivity contribution in [2.45, 2.75) is 6.92 Å². The maximum Gasteiger partial charge on any atom is 0.162 e. The molecule has 0 aliphatic carbocycles. The molecule has 0 spiro atoms. The average Bonchev–Trinajstić information content (AvgIpc) is 2.35. The maximum atomic E-state index is 8.65. The highest BCUT2D eigenvalue weighted by molar-refractivity contribution is 5.98. The molecule has 0 aliphatic rings. The number of oxime groups is 1. The van der Waals surface area contributed by atoms with Crippen LogP contribution in [0.15, 0.2) is 23.4 Å². The van der Waals surface area contributed by atoms with Crippen molar-refractivity contribution in [2.24, 2.45) is 5.16 Å². The zero-order valence-corrected chi connectivity index (χ0v) is 9.23. The summed E-state index contributed by atoms with van der Waals surface area (Å²) in [4.78, 5) is 0. The minimum atomic E-state index is 0.183. The van der Waals surface area contributed by atoms with Gasteiger partial charge in [0.05, 0.1) is 12.8 Å². The van der Waals surface area contributed by atoms with E-state index in [9.17, 15) is 0 Å². The van der Waals surface area contributed by atoms with Gasteiger partial charge in [-0.2, -0.15) is 0 Å². The fourth-order valence-electron chi connectivity index (χ4n) is 1.19. The van der Waals surface area contributed by atoms with E-state index in [4.69, 9.17) is 21.1 Å². The molecule has 0 amide bonds. The number of hydrogen-bond acceptors (Lipinski definition) is 4. The normalized spacial score (nSPS) is 10.7. The van der Waals surface area contributed by atoms with Crippen LogP contribution < -0.4 is 9.47 Å². The van der Waals surface area contributed by atoms with Gasteiger partial charge in [-0.25, -0.2) is 0 Å². The van der Waals surface area contributed by atoms with Gasteiger partial charge in [0.1, 0.15) is 6.61 Å². The summed E-state index contributed by atoms with van der Waals surface area (Å²) in [7, 11) is 1.53. The van der Waals surface area contributed by atoms with Crippen molar-refractivity contribution < 1.29 is 14.7 Å². The minimum Gasteiger partial charge on any atom is -0.493 e. The summed E-state index contributed by atoms with van der Waals surface area (Å²) in [6.07, 6.45) is 5.10. The lowest BCUT2D eigenvalue weighted by Crippen LogP contribution is -2.00. The van der Waals surface area contributed by atoms with Crippen molar-refractivity contribution in [3.63, 3.8) is 0 Å². The van der Waals surface area contributed by atoms with Crippen molar-refractivity contribution in [3.05, 3.63) is 23.8 Å². The Morgan fingerprint density at radius 3 is 2.81 bits per heavy atom. The summed E-state index contributed by atoms with van der Waals surface area (Å²) in [6.45, 7) is 1.87. The largest absolute Gasteiger partial charge is 0.493 e. The predicted octanol–water partition coefficient (Wildman–Crippen LogP) is 1.91. The molecule has 0 unspecified atom stereocenters. The van der Waals surface area contributed by atoms with Gasteiger partial charge in [0.25, 0.3) is 0 Å². The second-order valence-electron chi connectivity index (χ2n) is 3.04. The number of rotatable bonds is 4. The monoisotopic (exact) mass is 219 g/mol. The maximum absolute atomic E-state index is 8.65. The molecule has 0 fully saturated rings. The second-order valence-corrected chi connectivity index (χ2v) is 3.04. The Hall–Kier alpha value is -2.15. The number of ether oxygens (including phenoxy) is 2. The topological polar surface area (TPSA) is 51.0 Å². The lowest BCUT2D eigenvalue weighted by atomic mass is 10.1. The van der Waals surface area contributed by atoms with Crippen LogP contribution >= 0.6 is 0 Å². The molecule has 16 heavy (non-hydrogen) atoms. The highest BCUT2D eigenvalue weighted by Gasteiger charge is 2.07. The van der Waals surface area contributed by atoms with E-state index in [1.54, 1.807) is 25.1 Å². The molecule has 0 atom stereocenters. The number of nitrogens with zero attached hydrogens (tertiary/aromatic N) is 1. The predicted molar refractivity (Wildman–Crippen MR) is 61.3 cm³/mol. The summed E-state index contributed by atoms with van der Waals surface area (Å²) in [5, 5.41) is 11.8.